The second kappa shape index (κ2) is 9.23. The summed E-state index contributed by atoms with van der Waals surface area (Å²) in [5, 5.41) is 3.63. The van der Waals surface area contributed by atoms with E-state index in [-0.39, 0.29) is 12.5 Å². The molecule has 0 saturated carbocycles. The number of halogens is 1. The van der Waals surface area contributed by atoms with E-state index in [2.05, 4.69) is 9.88 Å². The van der Waals surface area contributed by atoms with Crippen LogP contribution in [-0.4, -0.2) is 22.1 Å². The van der Waals surface area contributed by atoms with Crippen LogP contribution in [0, 0.1) is 13.8 Å². The molecule has 6 heteroatoms. The number of hydrogen-bond donors (Lipinski definition) is 1. The molecule has 3 aromatic carbocycles. The second-order valence-corrected chi connectivity index (χ2v) is 7.94. The number of nitrogens with zero attached hydrogens (tertiary/aromatic N) is 2. The molecule has 4 rings (SSSR count). The number of fused-ring (bicyclic) bond motifs is 1. The first-order chi connectivity index (χ1) is 15.0. The van der Waals surface area contributed by atoms with Crippen molar-refractivity contribution in [2.75, 3.05) is 6.61 Å². The Labute approximate surface area is 186 Å². The zero-order valence-corrected chi connectivity index (χ0v) is 18.3. The molecule has 0 saturated heterocycles. The molecule has 0 spiro atoms. The van der Waals surface area contributed by atoms with Gasteiger partial charge in [-0.25, -0.2) is 4.98 Å². The maximum Gasteiger partial charge on any atom is 0.258 e. The van der Waals surface area contributed by atoms with Gasteiger partial charge in [-0.2, -0.15) is 0 Å². The fourth-order valence-electron chi connectivity index (χ4n) is 3.47. The molecule has 31 heavy (non-hydrogen) atoms. The van der Waals surface area contributed by atoms with E-state index in [9.17, 15) is 4.79 Å². The zero-order chi connectivity index (χ0) is 21.8. The van der Waals surface area contributed by atoms with Gasteiger partial charge in [0.2, 0.25) is 0 Å². The molecule has 1 heterocycles. The van der Waals surface area contributed by atoms with Gasteiger partial charge in [0.1, 0.15) is 11.6 Å². The van der Waals surface area contributed by atoms with Gasteiger partial charge in [-0.3, -0.25) is 4.79 Å². The maximum absolute atomic E-state index is 12.4. The second-order valence-electron chi connectivity index (χ2n) is 7.53. The Morgan fingerprint density at radius 1 is 1.06 bits per heavy atom. The highest BCUT2D eigenvalue weighted by Gasteiger charge is 2.13. The fourth-order valence-corrected chi connectivity index (χ4v) is 3.66. The Morgan fingerprint density at radius 2 is 1.84 bits per heavy atom. The Hall–Kier alpha value is -3.31. The van der Waals surface area contributed by atoms with Gasteiger partial charge in [-0.15, -0.1) is 0 Å². The minimum atomic E-state index is -0.197. The molecular weight excluding hydrogens is 410 g/mol. The van der Waals surface area contributed by atoms with Gasteiger partial charge in [0.25, 0.3) is 5.91 Å². The van der Waals surface area contributed by atoms with E-state index in [1.165, 1.54) is 0 Å². The molecule has 1 amide bonds. The average Bonchev–Trinajstić information content (AvgIpc) is 3.12. The number of benzene rings is 3. The number of amides is 1. The summed E-state index contributed by atoms with van der Waals surface area (Å²) >= 11 is 6.38. The summed E-state index contributed by atoms with van der Waals surface area (Å²) in [6, 6.07) is 21.6. The van der Waals surface area contributed by atoms with Crippen LogP contribution in [0.3, 0.4) is 0 Å². The Balaban J connectivity index is 1.48. The number of aryl methyl sites for hydroxylation is 2. The summed E-state index contributed by atoms with van der Waals surface area (Å²) in [4.78, 5) is 17.1. The van der Waals surface area contributed by atoms with Crippen LogP contribution in [0.15, 0.2) is 66.7 Å². The molecule has 1 aromatic heterocycles. The van der Waals surface area contributed by atoms with Gasteiger partial charge in [0, 0.05) is 5.02 Å². The van der Waals surface area contributed by atoms with E-state index in [1.54, 1.807) is 0 Å². The minimum Gasteiger partial charge on any atom is -0.483 e. The summed E-state index contributed by atoms with van der Waals surface area (Å²) in [6.45, 7) is 4.78. The first kappa shape index (κ1) is 20.9. The molecule has 0 radical (unpaired) electrons. The van der Waals surface area contributed by atoms with Gasteiger partial charge >= 0.3 is 0 Å². The molecule has 0 unspecified atom stereocenters. The van der Waals surface area contributed by atoms with Crippen molar-refractivity contribution in [2.24, 2.45) is 0 Å². The topological polar surface area (TPSA) is 56.1 Å². The Bertz CT molecular complexity index is 1230. The lowest BCUT2D eigenvalue weighted by Crippen LogP contribution is -2.29. The third-order valence-electron chi connectivity index (χ3n) is 5.17. The third-order valence-corrected chi connectivity index (χ3v) is 5.53. The predicted octanol–water partition coefficient (Wildman–Crippen LogP) is 5.05. The molecule has 158 valence electrons. The van der Waals surface area contributed by atoms with Crippen LogP contribution in [0.2, 0.25) is 5.02 Å². The van der Waals surface area contributed by atoms with Crippen molar-refractivity contribution in [1.29, 1.82) is 0 Å². The molecule has 0 aliphatic rings. The van der Waals surface area contributed by atoms with Crippen LogP contribution in [0.1, 0.15) is 22.5 Å². The lowest BCUT2D eigenvalue weighted by molar-refractivity contribution is -0.123. The van der Waals surface area contributed by atoms with Crippen molar-refractivity contribution in [1.82, 2.24) is 14.9 Å². The van der Waals surface area contributed by atoms with E-state index >= 15 is 0 Å². The van der Waals surface area contributed by atoms with Gasteiger partial charge in [0.15, 0.2) is 6.61 Å². The summed E-state index contributed by atoms with van der Waals surface area (Å²) in [7, 11) is 0. The lowest BCUT2D eigenvalue weighted by Gasteiger charge is -2.12. The van der Waals surface area contributed by atoms with Crippen molar-refractivity contribution in [3.05, 3.63) is 94.3 Å². The number of hydrogen-bond acceptors (Lipinski definition) is 3. The zero-order valence-electron chi connectivity index (χ0n) is 17.6. The summed E-state index contributed by atoms with van der Waals surface area (Å²) in [6.07, 6.45) is 0. The molecule has 0 atom stereocenters. The number of para-hydroxylation sites is 2. The highest BCUT2D eigenvalue weighted by atomic mass is 35.5. The standard InChI is InChI=1S/C25H24ClN3O2/c1-17-11-12-18(2)23(13-17)31-16-25(30)27-14-24-28-21-9-5-6-10-22(21)29(24)15-19-7-3-4-8-20(19)26/h3-13H,14-16H2,1-2H3,(H,27,30). The van der Waals surface area contributed by atoms with Crippen molar-refractivity contribution in [3.63, 3.8) is 0 Å². The van der Waals surface area contributed by atoms with Crippen molar-refractivity contribution >= 4 is 28.5 Å². The molecule has 0 bridgehead atoms. The summed E-state index contributed by atoms with van der Waals surface area (Å²) in [5.41, 5.74) is 4.97. The van der Waals surface area contributed by atoms with Gasteiger partial charge in [-0.1, -0.05) is 54.1 Å². The van der Waals surface area contributed by atoms with Crippen LogP contribution in [-0.2, 0) is 17.9 Å². The van der Waals surface area contributed by atoms with E-state index in [0.29, 0.717) is 18.1 Å². The smallest absolute Gasteiger partial charge is 0.258 e. The number of carbonyl (C=O) groups excluding carboxylic acids is 1. The molecule has 0 aliphatic carbocycles. The highest BCUT2D eigenvalue weighted by molar-refractivity contribution is 6.31. The normalized spacial score (nSPS) is 10.9. The minimum absolute atomic E-state index is 0.0466. The Kier molecular flexibility index (Phi) is 6.23. The molecule has 1 N–H and O–H groups in total. The molecule has 5 nitrogen and oxygen atoms in total. The molecule has 4 aromatic rings. The highest BCUT2D eigenvalue weighted by Crippen LogP contribution is 2.22. The first-order valence-electron chi connectivity index (χ1n) is 10.2. The van der Waals surface area contributed by atoms with Crippen molar-refractivity contribution in [2.45, 2.75) is 26.9 Å². The molecular formula is C25H24ClN3O2. The quantitative estimate of drug-likeness (QED) is 0.443. The summed E-state index contributed by atoms with van der Waals surface area (Å²) in [5.74, 6) is 1.29. The van der Waals surface area contributed by atoms with Gasteiger partial charge in [0.05, 0.1) is 24.1 Å². The van der Waals surface area contributed by atoms with E-state index in [4.69, 9.17) is 21.3 Å². The van der Waals surface area contributed by atoms with E-state index in [0.717, 1.165) is 39.3 Å². The summed E-state index contributed by atoms with van der Waals surface area (Å²) < 4.78 is 7.80. The largest absolute Gasteiger partial charge is 0.483 e. The maximum atomic E-state index is 12.4. The molecule has 0 aliphatic heterocycles. The molecule has 0 fully saturated rings. The van der Waals surface area contributed by atoms with Crippen LogP contribution in [0.4, 0.5) is 0 Å². The van der Waals surface area contributed by atoms with Crippen LogP contribution >= 0.6 is 11.6 Å². The average molecular weight is 434 g/mol. The fraction of sp³-hybridized carbons (Fsp3) is 0.200. The van der Waals surface area contributed by atoms with E-state index < -0.39 is 0 Å². The van der Waals surface area contributed by atoms with Crippen LogP contribution in [0.25, 0.3) is 11.0 Å². The number of imidazole rings is 1. The number of ether oxygens (including phenoxy) is 1. The number of carbonyl (C=O) groups is 1. The third kappa shape index (κ3) is 4.89. The van der Waals surface area contributed by atoms with Crippen molar-refractivity contribution < 1.29 is 9.53 Å². The predicted molar refractivity (Wildman–Crippen MR) is 124 cm³/mol. The van der Waals surface area contributed by atoms with Gasteiger partial charge < -0.3 is 14.6 Å². The number of rotatable bonds is 7. The van der Waals surface area contributed by atoms with Crippen LogP contribution < -0.4 is 10.1 Å². The van der Waals surface area contributed by atoms with E-state index in [1.807, 2.05) is 80.6 Å². The van der Waals surface area contributed by atoms with Gasteiger partial charge in [-0.05, 0) is 54.8 Å². The first-order valence-corrected chi connectivity index (χ1v) is 10.5. The van der Waals surface area contributed by atoms with Crippen molar-refractivity contribution in [3.8, 4) is 5.75 Å². The lowest BCUT2D eigenvalue weighted by atomic mass is 10.1. The number of nitrogens with one attached hydrogen (secondary N) is 1. The monoisotopic (exact) mass is 433 g/mol. The number of aromatic nitrogens is 2. The SMILES string of the molecule is Cc1ccc(C)c(OCC(=O)NCc2nc3ccccc3n2Cc2ccccc2Cl)c1. The Morgan fingerprint density at radius 3 is 2.68 bits per heavy atom. The van der Waals surface area contributed by atoms with Crippen LogP contribution in [0.5, 0.6) is 5.75 Å².